The summed E-state index contributed by atoms with van der Waals surface area (Å²) >= 11 is 5.81. The number of rotatable bonds is 8. The van der Waals surface area contributed by atoms with Crippen molar-refractivity contribution < 1.29 is 17.9 Å². The maximum atomic E-state index is 12.4. The first-order valence-corrected chi connectivity index (χ1v) is 8.21. The molecule has 5 nitrogen and oxygen atoms in total. The molecule has 0 amide bonds. The number of ether oxygens (including phenoxy) is 2. The average Bonchev–Trinajstić information content (AvgIpc) is 2.46. The molecule has 0 saturated carbocycles. The third-order valence-electron chi connectivity index (χ3n) is 2.86. The molecule has 0 aliphatic heterocycles. The lowest BCUT2D eigenvalue weighted by atomic mass is 10.2. The van der Waals surface area contributed by atoms with E-state index in [4.69, 9.17) is 21.1 Å². The van der Waals surface area contributed by atoms with Crippen LogP contribution in [0, 0.1) is 0 Å². The summed E-state index contributed by atoms with van der Waals surface area (Å²) in [6.07, 6.45) is 0. The molecule has 0 N–H and O–H groups in total. The van der Waals surface area contributed by atoms with Crippen LogP contribution in [0.5, 0.6) is 5.75 Å². The third-order valence-corrected chi connectivity index (χ3v) is 5.00. The predicted molar refractivity (Wildman–Crippen MR) is 78.9 cm³/mol. The number of methoxy groups -OCH3 is 1. The molecule has 0 spiro atoms. The molecule has 0 bridgehead atoms. The molecule has 20 heavy (non-hydrogen) atoms. The standard InChI is InChI=1S/C13H20ClNO4S/c1-4-19-8-7-15(2)20(16,17)12-5-6-13(18-3)11(9-12)10-14/h5-6,9H,4,7-8,10H2,1-3H3. The van der Waals surface area contributed by atoms with E-state index in [-0.39, 0.29) is 10.8 Å². The van der Waals surface area contributed by atoms with Crippen molar-refractivity contribution >= 4 is 21.6 Å². The van der Waals surface area contributed by atoms with Gasteiger partial charge in [-0.15, -0.1) is 11.6 Å². The molecule has 0 aliphatic carbocycles. The number of benzene rings is 1. The van der Waals surface area contributed by atoms with Gasteiger partial charge in [0.25, 0.3) is 0 Å². The fraction of sp³-hybridized carbons (Fsp3) is 0.538. The first kappa shape index (κ1) is 17.2. The summed E-state index contributed by atoms with van der Waals surface area (Å²) in [5.74, 6) is 0.769. The van der Waals surface area contributed by atoms with Crippen molar-refractivity contribution in [3.63, 3.8) is 0 Å². The van der Waals surface area contributed by atoms with Crippen LogP contribution in [-0.4, -0.2) is 46.6 Å². The van der Waals surface area contributed by atoms with Crippen LogP contribution in [0.4, 0.5) is 0 Å². The zero-order valence-electron chi connectivity index (χ0n) is 11.9. The van der Waals surface area contributed by atoms with Gasteiger partial charge in [0.1, 0.15) is 5.75 Å². The van der Waals surface area contributed by atoms with E-state index in [1.807, 2.05) is 6.92 Å². The van der Waals surface area contributed by atoms with Crippen molar-refractivity contribution in [3.8, 4) is 5.75 Å². The van der Waals surface area contributed by atoms with Gasteiger partial charge in [-0.3, -0.25) is 0 Å². The number of hydrogen-bond donors (Lipinski definition) is 0. The Labute approximate surface area is 125 Å². The molecule has 1 aromatic rings. The molecular weight excluding hydrogens is 302 g/mol. The largest absolute Gasteiger partial charge is 0.496 e. The molecule has 114 valence electrons. The van der Waals surface area contributed by atoms with Gasteiger partial charge in [0, 0.05) is 25.8 Å². The molecule has 0 atom stereocenters. The molecule has 0 aromatic heterocycles. The summed E-state index contributed by atoms with van der Waals surface area (Å²) < 4.78 is 36.3. The first-order chi connectivity index (χ1) is 9.47. The second-order valence-electron chi connectivity index (χ2n) is 4.13. The molecule has 0 fully saturated rings. The lowest BCUT2D eigenvalue weighted by Crippen LogP contribution is -2.30. The Bertz CT molecular complexity index is 533. The average molecular weight is 322 g/mol. The molecule has 1 rings (SSSR count). The van der Waals surface area contributed by atoms with Crippen LogP contribution in [0.1, 0.15) is 12.5 Å². The highest BCUT2D eigenvalue weighted by Gasteiger charge is 2.21. The van der Waals surface area contributed by atoms with Crippen molar-refractivity contribution in [2.45, 2.75) is 17.7 Å². The molecule has 0 unspecified atom stereocenters. The van der Waals surface area contributed by atoms with Gasteiger partial charge in [0.2, 0.25) is 10.0 Å². The van der Waals surface area contributed by atoms with E-state index in [0.717, 1.165) is 0 Å². The topological polar surface area (TPSA) is 55.8 Å². The molecule has 1 aromatic carbocycles. The van der Waals surface area contributed by atoms with Crippen LogP contribution in [-0.2, 0) is 20.6 Å². The Morgan fingerprint density at radius 2 is 2.05 bits per heavy atom. The minimum absolute atomic E-state index is 0.190. The molecular formula is C13H20ClNO4S. The molecule has 0 saturated heterocycles. The second-order valence-corrected chi connectivity index (χ2v) is 6.44. The highest BCUT2D eigenvalue weighted by atomic mass is 35.5. The smallest absolute Gasteiger partial charge is 0.242 e. The summed E-state index contributed by atoms with van der Waals surface area (Å²) in [4.78, 5) is 0.202. The number of nitrogens with zero attached hydrogens (tertiary/aromatic N) is 1. The zero-order chi connectivity index (χ0) is 15.2. The van der Waals surface area contributed by atoms with Crippen molar-refractivity contribution in [2.24, 2.45) is 0 Å². The van der Waals surface area contributed by atoms with Crippen molar-refractivity contribution in [3.05, 3.63) is 23.8 Å². The maximum Gasteiger partial charge on any atom is 0.242 e. The van der Waals surface area contributed by atoms with E-state index in [9.17, 15) is 8.42 Å². The summed E-state index contributed by atoms with van der Waals surface area (Å²) in [5.41, 5.74) is 0.647. The number of likely N-dealkylation sites (N-methyl/N-ethyl adjacent to an activating group) is 1. The second kappa shape index (κ2) is 7.83. The van der Waals surface area contributed by atoms with Crippen molar-refractivity contribution in [2.75, 3.05) is 33.9 Å². The fourth-order valence-corrected chi connectivity index (χ4v) is 3.07. The Kier molecular flexibility index (Phi) is 6.75. The van der Waals surface area contributed by atoms with Gasteiger partial charge in [-0.1, -0.05) is 0 Å². The van der Waals surface area contributed by atoms with Crippen LogP contribution in [0.3, 0.4) is 0 Å². The lowest BCUT2D eigenvalue weighted by Gasteiger charge is -2.18. The highest BCUT2D eigenvalue weighted by Crippen LogP contribution is 2.25. The summed E-state index contributed by atoms with van der Waals surface area (Å²) in [5, 5.41) is 0. The Morgan fingerprint density at radius 1 is 1.35 bits per heavy atom. The first-order valence-electron chi connectivity index (χ1n) is 6.24. The van der Waals surface area contributed by atoms with Gasteiger partial charge in [-0.2, -0.15) is 4.31 Å². The Morgan fingerprint density at radius 3 is 2.60 bits per heavy atom. The van der Waals surface area contributed by atoms with Gasteiger partial charge in [0.05, 0.1) is 24.5 Å². The van der Waals surface area contributed by atoms with Gasteiger partial charge in [-0.25, -0.2) is 8.42 Å². The van der Waals surface area contributed by atoms with Crippen molar-refractivity contribution in [1.29, 1.82) is 0 Å². The van der Waals surface area contributed by atoms with E-state index in [0.29, 0.717) is 31.1 Å². The molecule has 0 heterocycles. The SMILES string of the molecule is CCOCCN(C)S(=O)(=O)c1ccc(OC)c(CCl)c1. The Balaban J connectivity index is 2.97. The van der Waals surface area contributed by atoms with E-state index >= 15 is 0 Å². The van der Waals surface area contributed by atoms with Gasteiger partial charge in [0.15, 0.2) is 0 Å². The van der Waals surface area contributed by atoms with E-state index in [1.165, 1.54) is 24.5 Å². The monoisotopic (exact) mass is 321 g/mol. The van der Waals surface area contributed by atoms with Gasteiger partial charge in [-0.05, 0) is 25.1 Å². The third kappa shape index (κ3) is 4.09. The van der Waals surface area contributed by atoms with Crippen LogP contribution < -0.4 is 4.74 Å². The molecule has 0 radical (unpaired) electrons. The van der Waals surface area contributed by atoms with Crippen molar-refractivity contribution in [1.82, 2.24) is 4.31 Å². The van der Waals surface area contributed by atoms with Gasteiger partial charge >= 0.3 is 0 Å². The quantitative estimate of drug-likeness (QED) is 0.543. The number of alkyl halides is 1. The minimum Gasteiger partial charge on any atom is -0.496 e. The summed E-state index contributed by atoms with van der Waals surface area (Å²) in [7, 11) is -0.490. The number of hydrogen-bond acceptors (Lipinski definition) is 4. The van der Waals surface area contributed by atoms with Crippen LogP contribution in [0.15, 0.2) is 23.1 Å². The van der Waals surface area contributed by atoms with Crippen LogP contribution >= 0.6 is 11.6 Å². The summed E-state index contributed by atoms with van der Waals surface area (Å²) in [6, 6.07) is 4.67. The number of sulfonamides is 1. The molecule has 7 heteroatoms. The van der Waals surface area contributed by atoms with E-state index in [2.05, 4.69) is 0 Å². The summed E-state index contributed by atoms with van der Waals surface area (Å²) in [6.45, 7) is 3.10. The fourth-order valence-electron chi connectivity index (χ4n) is 1.66. The van der Waals surface area contributed by atoms with Gasteiger partial charge < -0.3 is 9.47 Å². The number of halogens is 1. The lowest BCUT2D eigenvalue weighted by molar-refractivity contribution is 0.138. The normalized spacial score (nSPS) is 11.8. The Hall–Kier alpha value is -0.820. The zero-order valence-corrected chi connectivity index (χ0v) is 13.5. The van der Waals surface area contributed by atoms with Crippen LogP contribution in [0.2, 0.25) is 0 Å². The minimum atomic E-state index is -3.54. The predicted octanol–water partition coefficient (Wildman–Crippen LogP) is 2.09. The molecule has 0 aliphatic rings. The van der Waals surface area contributed by atoms with E-state index < -0.39 is 10.0 Å². The van der Waals surface area contributed by atoms with Crippen LogP contribution in [0.25, 0.3) is 0 Å². The van der Waals surface area contributed by atoms with E-state index in [1.54, 1.807) is 12.1 Å². The highest BCUT2D eigenvalue weighted by molar-refractivity contribution is 7.89. The maximum absolute atomic E-state index is 12.4.